The average Bonchev–Trinajstić information content (AvgIpc) is 2.99. The first kappa shape index (κ1) is 12.7. The molecule has 5 rings (SSSR count). The number of nitrogens with zero attached hydrogens (tertiary/aromatic N) is 2. The molecule has 0 saturated heterocycles. The summed E-state index contributed by atoms with van der Waals surface area (Å²) in [6.07, 6.45) is 1.86. The van der Waals surface area contributed by atoms with Crippen LogP contribution in [0.25, 0.3) is 42.5 Å². The molecule has 3 aromatic heterocycles. The summed E-state index contributed by atoms with van der Waals surface area (Å²) in [5, 5.41) is 4.82. The maximum Gasteiger partial charge on any atom is 0.125 e. The smallest absolute Gasteiger partial charge is 0.125 e. The molecule has 0 fully saturated rings. The molecule has 0 aliphatic heterocycles. The van der Waals surface area contributed by atoms with E-state index in [2.05, 4.69) is 59.6 Å². The Hall–Kier alpha value is -2.78. The van der Waals surface area contributed by atoms with Gasteiger partial charge in [-0.2, -0.15) is 0 Å². The number of hydrogen-bond donors (Lipinski definition) is 0. The van der Waals surface area contributed by atoms with Gasteiger partial charge in [0.15, 0.2) is 0 Å². The first-order chi connectivity index (χ1) is 11.4. The Morgan fingerprint density at radius 2 is 1.52 bits per heavy atom. The summed E-state index contributed by atoms with van der Waals surface area (Å²) in [5.74, 6) is 0. The monoisotopic (exact) mass is 312 g/mol. The van der Waals surface area contributed by atoms with Crippen LogP contribution in [0.3, 0.4) is 0 Å². The van der Waals surface area contributed by atoms with E-state index in [0.29, 0.717) is 0 Å². The van der Waals surface area contributed by atoms with Crippen LogP contribution in [0.15, 0.2) is 72.9 Å². The lowest BCUT2D eigenvalue weighted by Gasteiger charge is -2.05. The Labute approximate surface area is 137 Å². The van der Waals surface area contributed by atoms with Crippen molar-refractivity contribution in [3.05, 3.63) is 72.9 Å². The quantitative estimate of drug-likeness (QED) is 0.399. The van der Waals surface area contributed by atoms with Gasteiger partial charge in [-0.3, -0.25) is 4.98 Å². The summed E-state index contributed by atoms with van der Waals surface area (Å²) in [7, 11) is 0. The van der Waals surface area contributed by atoms with Crippen molar-refractivity contribution in [2.75, 3.05) is 0 Å². The number of hydrogen-bond acceptors (Lipinski definition) is 3. The van der Waals surface area contributed by atoms with E-state index in [-0.39, 0.29) is 0 Å². The minimum atomic E-state index is 0.931. The second-order valence-corrected chi connectivity index (χ2v) is 6.56. The van der Waals surface area contributed by atoms with E-state index in [1.54, 1.807) is 11.3 Å². The van der Waals surface area contributed by atoms with Gasteiger partial charge < -0.3 is 0 Å². The molecular formula is C20H12N2S. The van der Waals surface area contributed by atoms with Gasteiger partial charge in [0.25, 0.3) is 0 Å². The average molecular weight is 312 g/mol. The summed E-state index contributed by atoms with van der Waals surface area (Å²) < 4.78 is 1.28. The minimum Gasteiger partial charge on any atom is -0.254 e. The van der Waals surface area contributed by atoms with Gasteiger partial charge in [0.1, 0.15) is 4.83 Å². The van der Waals surface area contributed by atoms with Gasteiger partial charge in [0.2, 0.25) is 0 Å². The van der Waals surface area contributed by atoms with Crippen molar-refractivity contribution >= 4 is 42.4 Å². The van der Waals surface area contributed by atoms with Crippen LogP contribution in [0.4, 0.5) is 0 Å². The fourth-order valence-corrected chi connectivity index (χ4v) is 4.14. The van der Waals surface area contributed by atoms with E-state index in [1.807, 2.05) is 18.3 Å². The molecule has 23 heavy (non-hydrogen) atoms. The van der Waals surface area contributed by atoms with Crippen molar-refractivity contribution in [2.24, 2.45) is 0 Å². The second kappa shape index (κ2) is 4.86. The van der Waals surface area contributed by atoms with Gasteiger partial charge in [-0.15, -0.1) is 11.3 Å². The highest BCUT2D eigenvalue weighted by molar-refractivity contribution is 7.25. The Morgan fingerprint density at radius 3 is 2.48 bits per heavy atom. The Bertz CT molecular complexity index is 1170. The largest absolute Gasteiger partial charge is 0.254 e. The minimum absolute atomic E-state index is 0.931. The van der Waals surface area contributed by atoms with Crippen LogP contribution in [0.5, 0.6) is 0 Å². The van der Waals surface area contributed by atoms with E-state index in [9.17, 15) is 0 Å². The van der Waals surface area contributed by atoms with Gasteiger partial charge in [-0.05, 0) is 29.7 Å². The van der Waals surface area contributed by atoms with Crippen LogP contribution in [0.1, 0.15) is 0 Å². The van der Waals surface area contributed by atoms with E-state index in [4.69, 9.17) is 4.98 Å². The maximum atomic E-state index is 4.89. The third-order valence-corrected chi connectivity index (χ3v) is 5.24. The van der Waals surface area contributed by atoms with Crippen LogP contribution in [0, 0.1) is 0 Å². The van der Waals surface area contributed by atoms with Gasteiger partial charge in [-0.1, -0.05) is 42.5 Å². The summed E-state index contributed by atoms with van der Waals surface area (Å²) in [6, 6.07) is 23.1. The van der Waals surface area contributed by atoms with E-state index < -0.39 is 0 Å². The Kier molecular flexibility index (Phi) is 2.69. The number of fused-ring (bicyclic) bond motifs is 4. The fraction of sp³-hybridized carbons (Fsp3) is 0. The lowest BCUT2D eigenvalue weighted by Crippen LogP contribution is -1.88. The molecule has 0 atom stereocenters. The number of thiophene rings is 1. The maximum absolute atomic E-state index is 4.89. The van der Waals surface area contributed by atoms with E-state index in [1.165, 1.54) is 20.9 Å². The molecule has 0 saturated carbocycles. The molecule has 0 N–H and O–H groups in total. The first-order valence-electron chi connectivity index (χ1n) is 7.52. The topological polar surface area (TPSA) is 25.8 Å². The molecule has 2 aromatic carbocycles. The summed E-state index contributed by atoms with van der Waals surface area (Å²) in [5.41, 5.74) is 1.88. The second-order valence-electron chi connectivity index (χ2n) is 5.53. The molecule has 2 nitrogen and oxygen atoms in total. The summed E-state index contributed by atoms with van der Waals surface area (Å²) in [6.45, 7) is 0. The molecule has 0 amide bonds. The third kappa shape index (κ3) is 1.94. The van der Waals surface area contributed by atoms with Crippen LogP contribution in [-0.2, 0) is 0 Å². The van der Waals surface area contributed by atoms with E-state index >= 15 is 0 Å². The lowest BCUT2D eigenvalue weighted by atomic mass is 10.1. The fourth-order valence-electron chi connectivity index (χ4n) is 3.06. The van der Waals surface area contributed by atoms with Crippen molar-refractivity contribution in [3.8, 4) is 11.4 Å². The van der Waals surface area contributed by atoms with Gasteiger partial charge in [0.05, 0.1) is 11.4 Å². The lowest BCUT2D eigenvalue weighted by molar-refractivity contribution is 1.31. The molecule has 0 aliphatic carbocycles. The Balaban J connectivity index is 1.81. The highest BCUT2D eigenvalue weighted by Gasteiger charge is 2.10. The zero-order chi connectivity index (χ0) is 15.2. The molecule has 5 aromatic rings. The van der Waals surface area contributed by atoms with E-state index in [0.717, 1.165) is 21.6 Å². The number of aromatic nitrogens is 2. The van der Waals surface area contributed by atoms with Crippen LogP contribution < -0.4 is 0 Å². The van der Waals surface area contributed by atoms with Crippen molar-refractivity contribution in [2.45, 2.75) is 0 Å². The normalized spacial score (nSPS) is 11.5. The number of pyridine rings is 2. The van der Waals surface area contributed by atoms with Gasteiger partial charge in [0, 0.05) is 27.1 Å². The van der Waals surface area contributed by atoms with Crippen molar-refractivity contribution in [1.82, 2.24) is 9.97 Å². The van der Waals surface area contributed by atoms with Crippen molar-refractivity contribution in [1.29, 1.82) is 0 Å². The number of benzene rings is 2. The molecule has 108 valence electrons. The zero-order valence-electron chi connectivity index (χ0n) is 12.2. The molecule has 0 bridgehead atoms. The standard InChI is InChI=1S/C20H12N2S/c1-2-6-14-13(5-1)11-12-21-19(14)17-10-9-16-15-7-3-4-8-18(15)23-20(16)22-17/h1-12H. The highest BCUT2D eigenvalue weighted by atomic mass is 32.1. The highest BCUT2D eigenvalue weighted by Crippen LogP contribution is 2.34. The van der Waals surface area contributed by atoms with Gasteiger partial charge >= 0.3 is 0 Å². The van der Waals surface area contributed by atoms with Crippen molar-refractivity contribution in [3.63, 3.8) is 0 Å². The summed E-state index contributed by atoms with van der Waals surface area (Å²) in [4.78, 5) is 10.5. The predicted octanol–water partition coefficient (Wildman–Crippen LogP) is 5.66. The SMILES string of the molecule is c1ccc2c(-c3ccc4c(n3)sc3ccccc34)nccc2c1. The number of rotatable bonds is 1. The van der Waals surface area contributed by atoms with Crippen LogP contribution >= 0.6 is 11.3 Å². The van der Waals surface area contributed by atoms with Crippen LogP contribution in [-0.4, -0.2) is 9.97 Å². The molecule has 0 spiro atoms. The van der Waals surface area contributed by atoms with Crippen LogP contribution in [0.2, 0.25) is 0 Å². The first-order valence-corrected chi connectivity index (χ1v) is 8.34. The molecule has 0 radical (unpaired) electrons. The van der Waals surface area contributed by atoms with Gasteiger partial charge in [-0.25, -0.2) is 4.98 Å². The molecule has 3 heterocycles. The molecule has 0 unspecified atom stereocenters. The molecular weight excluding hydrogens is 300 g/mol. The zero-order valence-corrected chi connectivity index (χ0v) is 13.0. The molecule has 3 heteroatoms. The van der Waals surface area contributed by atoms with Crippen molar-refractivity contribution < 1.29 is 0 Å². The molecule has 0 aliphatic rings. The summed E-state index contributed by atoms with van der Waals surface area (Å²) >= 11 is 1.74. The third-order valence-electron chi connectivity index (χ3n) is 4.16. The predicted molar refractivity (Wildman–Crippen MR) is 97.9 cm³/mol. The Morgan fingerprint density at radius 1 is 0.696 bits per heavy atom.